The van der Waals surface area contributed by atoms with Crippen LogP contribution in [-0.2, 0) is 6.18 Å². The Hall–Kier alpha value is -2.63. The number of rotatable bonds is 2. The van der Waals surface area contributed by atoms with Gasteiger partial charge in [-0.05, 0) is 37.1 Å². The molecule has 1 aromatic heterocycles. The number of alkyl halides is 3. The van der Waals surface area contributed by atoms with Crippen molar-refractivity contribution < 1.29 is 13.2 Å². The Morgan fingerprint density at radius 2 is 1.61 bits per heavy atom. The molecule has 0 saturated carbocycles. The highest BCUT2D eigenvalue weighted by Gasteiger charge is 2.40. The molecular weight excluding hydrogens is 303 g/mol. The van der Waals surface area contributed by atoms with E-state index in [1.165, 1.54) is 0 Å². The topological polar surface area (TPSA) is 30.7 Å². The van der Waals surface area contributed by atoms with E-state index >= 15 is 0 Å². The standard InChI is InChI=1S/C17H14F3N3/c1-11-8-9-14(10-12(11)2)23-16(17(18,19)20)15(21-22-23)13-6-4-3-5-7-13/h3-10H,1-2H3. The molecule has 0 atom stereocenters. The number of aromatic nitrogens is 3. The molecule has 118 valence electrons. The number of halogens is 3. The molecule has 0 aliphatic rings. The number of hydrogen-bond acceptors (Lipinski definition) is 2. The van der Waals surface area contributed by atoms with E-state index in [1.54, 1.807) is 48.5 Å². The van der Waals surface area contributed by atoms with Crippen molar-refractivity contribution in [3.63, 3.8) is 0 Å². The zero-order valence-electron chi connectivity index (χ0n) is 12.6. The molecule has 1 heterocycles. The van der Waals surface area contributed by atoms with E-state index < -0.39 is 11.9 Å². The van der Waals surface area contributed by atoms with Gasteiger partial charge in [0.1, 0.15) is 5.69 Å². The summed E-state index contributed by atoms with van der Waals surface area (Å²) in [5.41, 5.74) is 1.59. The molecule has 6 heteroatoms. The molecule has 3 nitrogen and oxygen atoms in total. The van der Waals surface area contributed by atoms with E-state index in [9.17, 15) is 13.2 Å². The summed E-state index contributed by atoms with van der Waals surface area (Å²) in [6.07, 6.45) is -4.56. The third kappa shape index (κ3) is 2.84. The summed E-state index contributed by atoms with van der Waals surface area (Å²) in [4.78, 5) is 0. The highest BCUT2D eigenvalue weighted by molar-refractivity contribution is 5.63. The maximum Gasteiger partial charge on any atom is 0.435 e. The van der Waals surface area contributed by atoms with Gasteiger partial charge in [0.25, 0.3) is 0 Å². The lowest BCUT2D eigenvalue weighted by Crippen LogP contribution is -2.14. The summed E-state index contributed by atoms with van der Waals surface area (Å²) in [7, 11) is 0. The number of benzene rings is 2. The van der Waals surface area contributed by atoms with Crippen LogP contribution >= 0.6 is 0 Å². The Bertz CT molecular complexity index is 836. The van der Waals surface area contributed by atoms with Crippen LogP contribution in [0.4, 0.5) is 13.2 Å². The molecule has 0 N–H and O–H groups in total. The maximum absolute atomic E-state index is 13.6. The van der Waals surface area contributed by atoms with Crippen molar-refractivity contribution in [2.45, 2.75) is 20.0 Å². The fourth-order valence-electron chi connectivity index (χ4n) is 2.36. The molecule has 0 amide bonds. The molecule has 0 radical (unpaired) electrons. The number of nitrogens with zero attached hydrogens (tertiary/aromatic N) is 3. The number of hydrogen-bond donors (Lipinski definition) is 0. The van der Waals surface area contributed by atoms with Crippen molar-refractivity contribution in [2.75, 3.05) is 0 Å². The summed E-state index contributed by atoms with van der Waals surface area (Å²) in [6, 6.07) is 13.3. The molecule has 0 unspecified atom stereocenters. The molecule has 3 aromatic rings. The van der Waals surface area contributed by atoms with Crippen LogP contribution in [0.1, 0.15) is 16.8 Å². The summed E-state index contributed by atoms with van der Waals surface area (Å²) in [6.45, 7) is 3.75. The van der Waals surface area contributed by atoms with Crippen molar-refractivity contribution in [3.05, 3.63) is 65.4 Å². The largest absolute Gasteiger partial charge is 0.435 e. The molecule has 0 bridgehead atoms. The first-order valence-corrected chi connectivity index (χ1v) is 7.04. The van der Waals surface area contributed by atoms with Crippen LogP contribution in [0.3, 0.4) is 0 Å². The van der Waals surface area contributed by atoms with Crippen LogP contribution in [0.2, 0.25) is 0 Å². The van der Waals surface area contributed by atoms with E-state index in [-0.39, 0.29) is 5.69 Å². The minimum absolute atomic E-state index is 0.170. The zero-order valence-corrected chi connectivity index (χ0v) is 12.6. The fourth-order valence-corrected chi connectivity index (χ4v) is 2.36. The van der Waals surface area contributed by atoms with Crippen LogP contribution in [-0.4, -0.2) is 15.0 Å². The first-order chi connectivity index (χ1) is 10.9. The van der Waals surface area contributed by atoms with Crippen LogP contribution in [0.25, 0.3) is 16.9 Å². The van der Waals surface area contributed by atoms with Crippen molar-refractivity contribution in [2.24, 2.45) is 0 Å². The van der Waals surface area contributed by atoms with E-state index in [0.29, 0.717) is 11.3 Å². The average Bonchev–Trinajstić information content (AvgIpc) is 2.96. The molecule has 0 aliphatic carbocycles. The lowest BCUT2D eigenvalue weighted by Gasteiger charge is -2.12. The van der Waals surface area contributed by atoms with Crippen LogP contribution < -0.4 is 0 Å². The quantitative estimate of drug-likeness (QED) is 0.693. The molecule has 3 rings (SSSR count). The van der Waals surface area contributed by atoms with Gasteiger partial charge in [0.2, 0.25) is 0 Å². The van der Waals surface area contributed by atoms with Crippen LogP contribution in [0.5, 0.6) is 0 Å². The van der Waals surface area contributed by atoms with E-state index in [1.807, 2.05) is 13.8 Å². The summed E-state index contributed by atoms with van der Waals surface area (Å²) < 4.78 is 41.6. The van der Waals surface area contributed by atoms with Gasteiger partial charge in [-0.3, -0.25) is 0 Å². The molecule has 23 heavy (non-hydrogen) atoms. The van der Waals surface area contributed by atoms with Crippen molar-refractivity contribution >= 4 is 0 Å². The predicted molar refractivity (Wildman–Crippen MR) is 81.3 cm³/mol. The summed E-state index contributed by atoms with van der Waals surface area (Å²) in [5.74, 6) is 0. The van der Waals surface area contributed by atoms with Crippen molar-refractivity contribution in [1.82, 2.24) is 15.0 Å². The van der Waals surface area contributed by atoms with E-state index in [4.69, 9.17) is 0 Å². The first kappa shape index (κ1) is 15.3. The van der Waals surface area contributed by atoms with E-state index in [2.05, 4.69) is 10.3 Å². The zero-order chi connectivity index (χ0) is 16.6. The molecule has 0 fully saturated rings. The van der Waals surface area contributed by atoms with Gasteiger partial charge in [0, 0.05) is 5.56 Å². The second-order valence-corrected chi connectivity index (χ2v) is 5.33. The Morgan fingerprint density at radius 1 is 0.913 bits per heavy atom. The molecule has 0 aliphatic heterocycles. The first-order valence-electron chi connectivity index (χ1n) is 7.04. The monoisotopic (exact) mass is 317 g/mol. The second kappa shape index (κ2) is 5.53. The van der Waals surface area contributed by atoms with Crippen molar-refractivity contribution in [1.29, 1.82) is 0 Å². The predicted octanol–water partition coefficient (Wildman–Crippen LogP) is 4.57. The van der Waals surface area contributed by atoms with Crippen LogP contribution in [0, 0.1) is 13.8 Å². The molecular formula is C17H14F3N3. The smallest absolute Gasteiger partial charge is 0.208 e. The lowest BCUT2D eigenvalue weighted by atomic mass is 10.1. The molecule has 0 saturated heterocycles. The third-order valence-electron chi connectivity index (χ3n) is 3.72. The van der Waals surface area contributed by atoms with Gasteiger partial charge in [-0.1, -0.05) is 41.6 Å². The Morgan fingerprint density at radius 3 is 2.22 bits per heavy atom. The second-order valence-electron chi connectivity index (χ2n) is 5.33. The highest BCUT2D eigenvalue weighted by Crippen LogP contribution is 2.37. The van der Waals surface area contributed by atoms with Crippen LogP contribution in [0.15, 0.2) is 48.5 Å². The molecule has 2 aromatic carbocycles. The fraction of sp³-hybridized carbons (Fsp3) is 0.176. The SMILES string of the molecule is Cc1ccc(-n2nnc(-c3ccccc3)c2C(F)(F)F)cc1C. The van der Waals surface area contributed by atoms with Gasteiger partial charge in [-0.2, -0.15) is 13.2 Å². The minimum Gasteiger partial charge on any atom is -0.208 e. The van der Waals surface area contributed by atoms with Gasteiger partial charge >= 0.3 is 6.18 Å². The Labute approximate surface area is 131 Å². The maximum atomic E-state index is 13.6. The van der Waals surface area contributed by atoms with Gasteiger partial charge in [0.05, 0.1) is 5.69 Å². The normalized spacial score (nSPS) is 11.7. The van der Waals surface area contributed by atoms with Gasteiger partial charge < -0.3 is 0 Å². The third-order valence-corrected chi connectivity index (χ3v) is 3.72. The number of aryl methyl sites for hydroxylation is 2. The van der Waals surface area contributed by atoms with Gasteiger partial charge in [0.15, 0.2) is 5.69 Å². The summed E-state index contributed by atoms with van der Waals surface area (Å²) >= 11 is 0. The summed E-state index contributed by atoms with van der Waals surface area (Å²) in [5, 5.41) is 7.52. The average molecular weight is 317 g/mol. The lowest BCUT2D eigenvalue weighted by molar-refractivity contribution is -0.142. The highest BCUT2D eigenvalue weighted by atomic mass is 19.4. The molecule has 0 spiro atoms. The van der Waals surface area contributed by atoms with Gasteiger partial charge in [-0.25, -0.2) is 4.68 Å². The van der Waals surface area contributed by atoms with Crippen molar-refractivity contribution in [3.8, 4) is 16.9 Å². The Balaban J connectivity index is 2.22. The minimum atomic E-state index is -4.56. The van der Waals surface area contributed by atoms with Gasteiger partial charge in [-0.15, -0.1) is 5.10 Å². The Kier molecular flexibility index (Phi) is 3.67. The van der Waals surface area contributed by atoms with E-state index in [0.717, 1.165) is 15.8 Å².